The highest BCUT2D eigenvalue weighted by Gasteiger charge is 2.28. The van der Waals surface area contributed by atoms with Gasteiger partial charge >= 0.3 is 5.97 Å². The van der Waals surface area contributed by atoms with Crippen molar-refractivity contribution in [2.24, 2.45) is 0 Å². The molecule has 5 rings (SSSR count). The molecule has 0 atom stereocenters. The lowest BCUT2D eigenvalue weighted by atomic mass is 10.1. The van der Waals surface area contributed by atoms with E-state index in [2.05, 4.69) is 10.3 Å². The summed E-state index contributed by atoms with van der Waals surface area (Å²) in [5.74, 6) is -1.63. The molecule has 1 aliphatic carbocycles. The van der Waals surface area contributed by atoms with E-state index in [-0.39, 0.29) is 33.8 Å². The second-order valence-corrected chi connectivity index (χ2v) is 7.41. The minimum absolute atomic E-state index is 0. The number of aromatic nitrogens is 2. The predicted octanol–water partition coefficient (Wildman–Crippen LogP) is 0.482. The van der Waals surface area contributed by atoms with E-state index in [0.717, 1.165) is 25.9 Å². The van der Waals surface area contributed by atoms with Crippen molar-refractivity contribution in [1.29, 1.82) is 0 Å². The zero-order chi connectivity index (χ0) is 19.4. The molecule has 9 nitrogen and oxygen atoms in total. The number of aromatic carboxylic acids is 1. The van der Waals surface area contributed by atoms with Crippen molar-refractivity contribution in [2.45, 2.75) is 18.9 Å². The second-order valence-electron chi connectivity index (χ2n) is 7.41. The average Bonchev–Trinajstić information content (AvgIpc) is 3.52. The van der Waals surface area contributed by atoms with Crippen molar-refractivity contribution in [3.05, 3.63) is 46.0 Å². The van der Waals surface area contributed by atoms with Crippen LogP contribution in [0.5, 0.6) is 0 Å². The fourth-order valence-corrected chi connectivity index (χ4v) is 3.87. The van der Waals surface area contributed by atoms with Gasteiger partial charge in [0.1, 0.15) is 17.0 Å². The van der Waals surface area contributed by atoms with Gasteiger partial charge in [-0.1, -0.05) is 0 Å². The van der Waals surface area contributed by atoms with Gasteiger partial charge in [-0.25, -0.2) is 14.2 Å². The lowest BCUT2D eigenvalue weighted by Gasteiger charge is -2.29. The number of carboxylic acids is 1. The summed E-state index contributed by atoms with van der Waals surface area (Å²) in [6, 6.07) is 4.82. The maximum Gasteiger partial charge on any atom is 0.341 e. The summed E-state index contributed by atoms with van der Waals surface area (Å²) in [4.78, 5) is 30.8. The number of carboxylic acid groups (broad SMARTS) is 1. The molecule has 6 N–H and O–H groups in total. The van der Waals surface area contributed by atoms with Crippen LogP contribution in [0.1, 0.15) is 29.2 Å². The van der Waals surface area contributed by atoms with Crippen LogP contribution < -0.4 is 15.6 Å². The van der Waals surface area contributed by atoms with Gasteiger partial charge in [-0.2, -0.15) is 0 Å². The van der Waals surface area contributed by atoms with E-state index in [0.29, 0.717) is 35.3 Å². The van der Waals surface area contributed by atoms with E-state index < -0.39 is 11.4 Å². The first-order chi connectivity index (χ1) is 13.5. The third kappa shape index (κ3) is 3.49. The van der Waals surface area contributed by atoms with Gasteiger partial charge in [-0.3, -0.25) is 4.79 Å². The van der Waals surface area contributed by atoms with Crippen molar-refractivity contribution in [1.82, 2.24) is 14.9 Å². The van der Waals surface area contributed by atoms with Crippen LogP contribution in [0.2, 0.25) is 0 Å². The third-order valence-electron chi connectivity index (χ3n) is 5.49. The van der Waals surface area contributed by atoms with E-state index in [1.807, 2.05) is 4.90 Å². The Morgan fingerprint density at radius 3 is 2.50 bits per heavy atom. The van der Waals surface area contributed by atoms with Crippen LogP contribution >= 0.6 is 0 Å². The number of rotatable bonds is 3. The van der Waals surface area contributed by atoms with Gasteiger partial charge in [0.25, 0.3) is 0 Å². The average molecular weight is 418 g/mol. The molecule has 30 heavy (non-hydrogen) atoms. The molecule has 0 radical (unpaired) electrons. The standard InChI is InChI=1S/C20H19FN4O3.2H2O/c21-15-8-11-7-13-18(26)14(20(27)28)10-25(12-1-2-12)19(13)23-16(11)9-17(15)24-5-3-22-4-6-24;;/h7-10,12,22H,1-6H2,(H,27,28);2*1H2. The van der Waals surface area contributed by atoms with Crippen molar-refractivity contribution >= 4 is 33.6 Å². The van der Waals surface area contributed by atoms with Gasteiger partial charge in [0.05, 0.1) is 16.6 Å². The number of piperazine rings is 1. The Labute approximate surface area is 170 Å². The molecule has 1 saturated heterocycles. The molecule has 160 valence electrons. The largest absolute Gasteiger partial charge is 0.477 e. The SMILES string of the molecule is O.O.O=C(O)c1cn(C2CC2)c2nc3cc(N4CCNCC4)c(F)cc3cc2c1=O. The molecule has 2 aliphatic rings. The smallest absolute Gasteiger partial charge is 0.341 e. The van der Waals surface area contributed by atoms with Gasteiger partial charge in [0, 0.05) is 43.8 Å². The molecular formula is C20H23FN4O5. The lowest BCUT2D eigenvalue weighted by Crippen LogP contribution is -2.43. The van der Waals surface area contributed by atoms with Crippen LogP contribution in [-0.2, 0) is 0 Å². The molecule has 0 spiro atoms. The summed E-state index contributed by atoms with van der Waals surface area (Å²) in [5, 5.41) is 13.3. The molecule has 1 aliphatic heterocycles. The Morgan fingerprint density at radius 1 is 1.17 bits per heavy atom. The van der Waals surface area contributed by atoms with Crippen LogP contribution in [0.3, 0.4) is 0 Å². The topological polar surface area (TPSA) is 150 Å². The number of halogens is 1. The fraction of sp³-hybridized carbons (Fsp3) is 0.350. The van der Waals surface area contributed by atoms with Crippen LogP contribution in [-0.4, -0.2) is 57.8 Å². The normalized spacial score (nSPS) is 16.2. The van der Waals surface area contributed by atoms with E-state index in [4.69, 9.17) is 0 Å². The van der Waals surface area contributed by atoms with Gasteiger partial charge in [-0.05, 0) is 31.0 Å². The molecule has 0 amide bonds. The van der Waals surface area contributed by atoms with Crippen molar-refractivity contribution < 1.29 is 25.2 Å². The Morgan fingerprint density at radius 2 is 1.87 bits per heavy atom. The number of hydrogen-bond donors (Lipinski definition) is 2. The first-order valence-corrected chi connectivity index (χ1v) is 9.41. The fourth-order valence-electron chi connectivity index (χ4n) is 3.87. The van der Waals surface area contributed by atoms with Crippen LogP contribution in [0.15, 0.2) is 29.2 Å². The highest BCUT2D eigenvalue weighted by Crippen LogP contribution is 2.37. The number of nitrogens with zero attached hydrogens (tertiary/aromatic N) is 3. The summed E-state index contributed by atoms with van der Waals surface area (Å²) >= 11 is 0. The van der Waals surface area contributed by atoms with Crippen molar-refractivity contribution in [3.8, 4) is 0 Å². The molecule has 2 fully saturated rings. The maximum absolute atomic E-state index is 14.8. The van der Waals surface area contributed by atoms with Crippen molar-refractivity contribution in [2.75, 3.05) is 31.1 Å². The Hall–Kier alpha value is -3.08. The Balaban J connectivity index is 0.00000128. The summed E-state index contributed by atoms with van der Waals surface area (Å²) in [7, 11) is 0. The van der Waals surface area contributed by atoms with Crippen LogP contribution in [0.4, 0.5) is 10.1 Å². The number of fused-ring (bicyclic) bond motifs is 2. The summed E-state index contributed by atoms with van der Waals surface area (Å²) in [6.07, 6.45) is 3.24. The number of pyridine rings is 2. The molecular weight excluding hydrogens is 395 g/mol. The monoisotopic (exact) mass is 418 g/mol. The molecule has 10 heteroatoms. The Kier molecular flexibility index (Phi) is 5.75. The van der Waals surface area contributed by atoms with E-state index >= 15 is 0 Å². The molecule has 1 aromatic carbocycles. The highest BCUT2D eigenvalue weighted by atomic mass is 19.1. The van der Waals surface area contributed by atoms with E-state index in [1.165, 1.54) is 12.3 Å². The minimum atomic E-state index is -1.26. The first kappa shape index (κ1) is 21.6. The van der Waals surface area contributed by atoms with Gasteiger partial charge < -0.3 is 30.8 Å². The molecule has 3 aromatic rings. The molecule has 0 unspecified atom stereocenters. The van der Waals surface area contributed by atoms with Gasteiger partial charge in [-0.15, -0.1) is 0 Å². The number of nitrogens with one attached hydrogen (secondary N) is 1. The first-order valence-electron chi connectivity index (χ1n) is 9.41. The molecule has 0 bridgehead atoms. The molecule has 2 aromatic heterocycles. The summed E-state index contributed by atoms with van der Waals surface area (Å²) in [5.41, 5.74) is 0.698. The van der Waals surface area contributed by atoms with Crippen LogP contribution in [0, 0.1) is 5.82 Å². The minimum Gasteiger partial charge on any atom is -0.477 e. The zero-order valence-corrected chi connectivity index (χ0v) is 16.1. The number of carbonyl (C=O) groups is 1. The van der Waals surface area contributed by atoms with E-state index in [1.54, 1.807) is 16.7 Å². The molecule has 3 heterocycles. The van der Waals surface area contributed by atoms with Crippen molar-refractivity contribution in [3.63, 3.8) is 0 Å². The molecule has 1 saturated carbocycles. The number of anilines is 1. The maximum atomic E-state index is 14.8. The Bertz CT molecular complexity index is 1190. The lowest BCUT2D eigenvalue weighted by molar-refractivity contribution is 0.0695. The van der Waals surface area contributed by atoms with E-state index in [9.17, 15) is 19.1 Å². The summed E-state index contributed by atoms with van der Waals surface area (Å²) < 4.78 is 16.5. The zero-order valence-electron chi connectivity index (χ0n) is 16.1. The highest BCUT2D eigenvalue weighted by molar-refractivity contribution is 5.97. The number of benzene rings is 1. The second kappa shape index (κ2) is 7.98. The van der Waals surface area contributed by atoms with Crippen LogP contribution in [0.25, 0.3) is 21.9 Å². The predicted molar refractivity (Wildman–Crippen MR) is 111 cm³/mol. The third-order valence-corrected chi connectivity index (χ3v) is 5.49. The summed E-state index contributed by atoms with van der Waals surface area (Å²) in [6.45, 7) is 3.01. The van der Waals surface area contributed by atoms with Gasteiger partial charge in [0.2, 0.25) is 5.43 Å². The van der Waals surface area contributed by atoms with Gasteiger partial charge in [0.15, 0.2) is 0 Å². The number of hydrogen-bond acceptors (Lipinski definition) is 5. The quantitative estimate of drug-likeness (QED) is 0.591.